The fraction of sp³-hybridized carbons (Fsp3) is 0.464. The van der Waals surface area contributed by atoms with Crippen LogP contribution in [0.25, 0.3) is 11.0 Å². The first-order chi connectivity index (χ1) is 18.5. The number of benzene rings is 1. The van der Waals surface area contributed by atoms with E-state index in [0.717, 1.165) is 11.8 Å². The van der Waals surface area contributed by atoms with Gasteiger partial charge in [0.05, 0.1) is 48.4 Å². The smallest absolute Gasteiger partial charge is 0.378 e. The molecule has 2 aromatic heterocycles. The van der Waals surface area contributed by atoms with Gasteiger partial charge in [0.15, 0.2) is 0 Å². The fourth-order valence-electron chi connectivity index (χ4n) is 5.39. The number of hydrogen-bond donors (Lipinski definition) is 0. The number of hydrogen-bond acceptors (Lipinski definition) is 6. The summed E-state index contributed by atoms with van der Waals surface area (Å²) in [5.74, 6) is -0.447. The van der Waals surface area contributed by atoms with Crippen molar-refractivity contribution in [1.29, 1.82) is 0 Å². The minimum Gasteiger partial charge on any atom is -0.378 e. The summed E-state index contributed by atoms with van der Waals surface area (Å²) in [6.45, 7) is 8.24. The van der Waals surface area contributed by atoms with Gasteiger partial charge >= 0.3 is 6.18 Å². The van der Waals surface area contributed by atoms with Crippen LogP contribution in [-0.2, 0) is 22.2 Å². The maximum absolute atomic E-state index is 13.6. The Labute approximate surface area is 223 Å². The predicted octanol–water partition coefficient (Wildman–Crippen LogP) is 3.86. The van der Waals surface area contributed by atoms with Crippen molar-refractivity contribution in [1.82, 2.24) is 14.5 Å². The molecule has 5 rings (SSSR count). The zero-order chi connectivity index (χ0) is 27.9. The van der Waals surface area contributed by atoms with Gasteiger partial charge < -0.3 is 23.8 Å². The quantitative estimate of drug-likeness (QED) is 0.497. The Bertz CT molecular complexity index is 1440. The average molecular weight is 545 g/mol. The summed E-state index contributed by atoms with van der Waals surface area (Å²) in [5.41, 5.74) is 0.543. The highest BCUT2D eigenvalue weighted by Gasteiger charge is 2.33. The van der Waals surface area contributed by atoms with E-state index < -0.39 is 23.1 Å². The normalized spacial score (nSPS) is 20.5. The van der Waals surface area contributed by atoms with Crippen molar-refractivity contribution >= 4 is 22.6 Å². The van der Waals surface area contributed by atoms with Crippen molar-refractivity contribution in [3.63, 3.8) is 0 Å². The van der Waals surface area contributed by atoms with E-state index in [1.165, 1.54) is 19.2 Å². The Morgan fingerprint density at radius 1 is 1.13 bits per heavy atom. The molecule has 39 heavy (non-hydrogen) atoms. The second-order valence-corrected chi connectivity index (χ2v) is 10.2. The molecule has 2 atom stereocenters. The molecule has 0 bridgehead atoms. The lowest BCUT2D eigenvalue weighted by molar-refractivity contribution is -0.138. The van der Waals surface area contributed by atoms with E-state index in [9.17, 15) is 22.8 Å². The first-order valence-electron chi connectivity index (χ1n) is 13.0. The van der Waals surface area contributed by atoms with E-state index in [2.05, 4.69) is 9.88 Å². The van der Waals surface area contributed by atoms with E-state index in [1.54, 1.807) is 21.7 Å². The molecule has 208 valence electrons. The van der Waals surface area contributed by atoms with Crippen LogP contribution >= 0.6 is 0 Å². The van der Waals surface area contributed by atoms with Gasteiger partial charge in [-0.25, -0.2) is 4.98 Å². The molecule has 8 nitrogen and oxygen atoms in total. The Hall–Kier alpha value is -3.44. The molecular formula is C28H31F3N4O4. The summed E-state index contributed by atoms with van der Waals surface area (Å²) in [7, 11) is 0. The first-order valence-corrected chi connectivity index (χ1v) is 13.0. The summed E-state index contributed by atoms with van der Waals surface area (Å²) >= 11 is 0. The van der Waals surface area contributed by atoms with E-state index >= 15 is 0 Å². The molecule has 2 fully saturated rings. The number of pyridine rings is 2. The maximum Gasteiger partial charge on any atom is 0.416 e. The number of alkyl halides is 3. The molecule has 0 saturated carbocycles. The molecule has 4 heterocycles. The van der Waals surface area contributed by atoms with Gasteiger partial charge in [0.25, 0.3) is 5.91 Å². The standard InChI is InChI=1S/C28H31F3N4O4/c1-17-13-35(14-18(2)39-17)27(37)22-16-34(15-20-5-4-6-23(19(20)3)28(29,30)31)24-11-21(12-32-25(24)26(22)36)33-7-9-38-10-8-33/h4-6,11-12,16-18H,7-10,13-15H2,1-3H3. The predicted molar refractivity (Wildman–Crippen MR) is 140 cm³/mol. The number of amides is 1. The lowest BCUT2D eigenvalue weighted by Crippen LogP contribution is -2.49. The SMILES string of the molecule is Cc1c(Cn2cc(C(=O)N3CC(C)OC(C)C3)c(=O)c3ncc(N4CCOCC4)cc32)cccc1C(F)(F)F. The van der Waals surface area contributed by atoms with Gasteiger partial charge in [0.2, 0.25) is 5.43 Å². The van der Waals surface area contributed by atoms with Crippen LogP contribution in [0.2, 0.25) is 0 Å². The zero-order valence-electron chi connectivity index (χ0n) is 22.1. The summed E-state index contributed by atoms with van der Waals surface area (Å²) < 4.78 is 53.7. The van der Waals surface area contributed by atoms with Crippen LogP contribution in [-0.4, -0.2) is 72.0 Å². The zero-order valence-corrected chi connectivity index (χ0v) is 22.1. The van der Waals surface area contributed by atoms with Gasteiger partial charge in [-0.15, -0.1) is 0 Å². The van der Waals surface area contributed by atoms with E-state index in [0.29, 0.717) is 50.5 Å². The number of carbonyl (C=O) groups excluding carboxylic acids is 1. The molecule has 3 aromatic rings. The van der Waals surface area contributed by atoms with Crippen molar-refractivity contribution in [2.24, 2.45) is 0 Å². The summed E-state index contributed by atoms with van der Waals surface area (Å²) in [6, 6.07) is 5.86. The Kier molecular flexibility index (Phi) is 7.39. The second-order valence-electron chi connectivity index (χ2n) is 10.2. The van der Waals surface area contributed by atoms with E-state index in [-0.39, 0.29) is 35.4 Å². The van der Waals surface area contributed by atoms with Crippen LogP contribution < -0.4 is 10.3 Å². The van der Waals surface area contributed by atoms with Gasteiger partial charge in [0.1, 0.15) is 11.1 Å². The van der Waals surface area contributed by atoms with Gasteiger partial charge in [-0.1, -0.05) is 12.1 Å². The number of aromatic nitrogens is 2. The molecule has 2 aliphatic heterocycles. The molecule has 1 amide bonds. The van der Waals surface area contributed by atoms with Crippen LogP contribution in [0, 0.1) is 6.92 Å². The number of fused-ring (bicyclic) bond motifs is 1. The largest absolute Gasteiger partial charge is 0.416 e. The third-order valence-corrected chi connectivity index (χ3v) is 7.31. The molecule has 0 aliphatic carbocycles. The highest BCUT2D eigenvalue weighted by molar-refractivity contribution is 5.97. The fourth-order valence-corrected chi connectivity index (χ4v) is 5.39. The lowest BCUT2D eigenvalue weighted by atomic mass is 10.0. The molecular weight excluding hydrogens is 513 g/mol. The van der Waals surface area contributed by atoms with Gasteiger partial charge in [-0.3, -0.25) is 9.59 Å². The molecule has 0 N–H and O–H groups in total. The summed E-state index contributed by atoms with van der Waals surface area (Å²) in [6.07, 6.45) is -1.82. The van der Waals surface area contributed by atoms with Crippen molar-refractivity contribution in [3.8, 4) is 0 Å². The minimum absolute atomic E-state index is 0.0248. The topological polar surface area (TPSA) is 76.9 Å². The highest BCUT2D eigenvalue weighted by atomic mass is 19.4. The number of nitrogens with zero attached hydrogens (tertiary/aromatic N) is 4. The number of ether oxygens (including phenoxy) is 2. The van der Waals surface area contributed by atoms with Crippen LogP contribution in [0.3, 0.4) is 0 Å². The molecule has 0 spiro atoms. The monoisotopic (exact) mass is 544 g/mol. The average Bonchev–Trinajstić information content (AvgIpc) is 2.90. The molecule has 0 radical (unpaired) electrons. The van der Waals surface area contributed by atoms with Gasteiger partial charge in [-0.2, -0.15) is 13.2 Å². The van der Waals surface area contributed by atoms with Crippen molar-refractivity contribution in [2.75, 3.05) is 44.3 Å². The molecule has 2 saturated heterocycles. The van der Waals surface area contributed by atoms with Crippen molar-refractivity contribution < 1.29 is 27.4 Å². The van der Waals surface area contributed by atoms with Gasteiger partial charge in [-0.05, 0) is 44.0 Å². The lowest BCUT2D eigenvalue weighted by Gasteiger charge is -2.35. The van der Waals surface area contributed by atoms with E-state index in [1.807, 2.05) is 19.9 Å². The number of anilines is 1. The molecule has 2 unspecified atom stereocenters. The molecule has 11 heteroatoms. The Balaban J connectivity index is 1.64. The minimum atomic E-state index is -4.50. The maximum atomic E-state index is 13.6. The third kappa shape index (κ3) is 5.51. The van der Waals surface area contributed by atoms with Crippen LogP contribution in [0.4, 0.5) is 18.9 Å². The van der Waals surface area contributed by atoms with Crippen molar-refractivity contribution in [2.45, 2.75) is 45.7 Å². The van der Waals surface area contributed by atoms with E-state index in [4.69, 9.17) is 9.47 Å². The summed E-state index contributed by atoms with van der Waals surface area (Å²) in [4.78, 5) is 35.3. The van der Waals surface area contributed by atoms with Crippen LogP contribution in [0.15, 0.2) is 41.5 Å². The number of rotatable bonds is 4. The highest BCUT2D eigenvalue weighted by Crippen LogP contribution is 2.33. The first kappa shape index (κ1) is 27.1. The Morgan fingerprint density at radius 2 is 1.82 bits per heavy atom. The molecule has 1 aromatic carbocycles. The van der Waals surface area contributed by atoms with Crippen LogP contribution in [0.1, 0.15) is 40.9 Å². The molecule has 2 aliphatic rings. The van der Waals surface area contributed by atoms with Crippen LogP contribution in [0.5, 0.6) is 0 Å². The number of morpholine rings is 2. The number of carbonyl (C=O) groups is 1. The summed E-state index contributed by atoms with van der Waals surface area (Å²) in [5, 5.41) is 0. The van der Waals surface area contributed by atoms with Gasteiger partial charge in [0, 0.05) is 38.9 Å². The second kappa shape index (κ2) is 10.6. The Morgan fingerprint density at radius 3 is 2.49 bits per heavy atom. The van der Waals surface area contributed by atoms with Crippen molar-refractivity contribution in [3.05, 3.63) is 69.1 Å². The number of halogens is 3. The third-order valence-electron chi connectivity index (χ3n) is 7.31.